The number of rotatable bonds is 7. The number of ether oxygens (including phenoxy) is 1. The highest BCUT2D eigenvalue weighted by molar-refractivity contribution is 5.79. The average molecular weight is 423 g/mol. The molecule has 1 aliphatic heterocycles. The number of carbonyl (C=O) groups is 2. The molecule has 0 spiro atoms. The van der Waals surface area contributed by atoms with Crippen molar-refractivity contribution in [1.82, 2.24) is 15.3 Å². The van der Waals surface area contributed by atoms with Crippen LogP contribution in [0.15, 0.2) is 30.3 Å². The zero-order chi connectivity index (χ0) is 21.6. The maximum atomic E-state index is 12.5. The van der Waals surface area contributed by atoms with Crippen molar-refractivity contribution in [3.63, 3.8) is 0 Å². The quantitative estimate of drug-likeness (QED) is 0.691. The molecular weight excluding hydrogens is 392 g/mol. The molecule has 7 nitrogen and oxygen atoms in total. The van der Waals surface area contributed by atoms with Gasteiger partial charge in [-0.15, -0.1) is 0 Å². The van der Waals surface area contributed by atoms with Crippen LogP contribution in [-0.4, -0.2) is 48.1 Å². The number of nitrogens with one attached hydrogen (secondary N) is 1. The SMILES string of the molecule is CCOC(=O)CCNC(=O)C1CCN(c2nc(-c3ccccc3)nc3c2CCC3)CC1. The summed E-state index contributed by atoms with van der Waals surface area (Å²) < 4.78 is 4.90. The maximum Gasteiger partial charge on any atom is 0.307 e. The lowest BCUT2D eigenvalue weighted by molar-refractivity contribution is -0.143. The Bertz CT molecular complexity index is 924. The van der Waals surface area contributed by atoms with E-state index in [2.05, 4.69) is 10.2 Å². The summed E-state index contributed by atoms with van der Waals surface area (Å²) >= 11 is 0. The van der Waals surface area contributed by atoms with Crippen molar-refractivity contribution in [2.75, 3.05) is 31.1 Å². The molecule has 0 radical (unpaired) electrons. The summed E-state index contributed by atoms with van der Waals surface area (Å²) in [5.41, 5.74) is 3.48. The molecule has 1 aliphatic carbocycles. The van der Waals surface area contributed by atoms with Gasteiger partial charge in [0.15, 0.2) is 5.82 Å². The van der Waals surface area contributed by atoms with E-state index in [1.165, 1.54) is 11.3 Å². The molecule has 0 bridgehead atoms. The molecule has 2 aliphatic rings. The number of amides is 1. The first-order chi connectivity index (χ1) is 15.2. The number of esters is 1. The molecule has 164 valence electrons. The average Bonchev–Trinajstić information content (AvgIpc) is 3.28. The zero-order valence-corrected chi connectivity index (χ0v) is 18.1. The van der Waals surface area contributed by atoms with E-state index in [4.69, 9.17) is 14.7 Å². The van der Waals surface area contributed by atoms with E-state index < -0.39 is 0 Å². The molecule has 0 unspecified atom stereocenters. The lowest BCUT2D eigenvalue weighted by Gasteiger charge is -2.33. The van der Waals surface area contributed by atoms with Gasteiger partial charge in [-0.2, -0.15) is 0 Å². The highest BCUT2D eigenvalue weighted by atomic mass is 16.5. The Labute approximate surface area is 183 Å². The fraction of sp³-hybridized carbons (Fsp3) is 0.500. The van der Waals surface area contributed by atoms with E-state index in [1.54, 1.807) is 6.92 Å². The van der Waals surface area contributed by atoms with Gasteiger partial charge in [0.2, 0.25) is 5.91 Å². The van der Waals surface area contributed by atoms with Crippen LogP contribution in [0.2, 0.25) is 0 Å². The van der Waals surface area contributed by atoms with Gasteiger partial charge in [-0.3, -0.25) is 9.59 Å². The highest BCUT2D eigenvalue weighted by Gasteiger charge is 2.29. The topological polar surface area (TPSA) is 84.4 Å². The second-order valence-electron chi connectivity index (χ2n) is 8.12. The predicted octanol–water partition coefficient (Wildman–Crippen LogP) is 2.92. The molecule has 7 heteroatoms. The number of aryl methyl sites for hydroxylation is 1. The molecule has 31 heavy (non-hydrogen) atoms. The summed E-state index contributed by atoms with van der Waals surface area (Å²) in [5, 5.41) is 2.88. The van der Waals surface area contributed by atoms with E-state index in [9.17, 15) is 9.59 Å². The minimum atomic E-state index is -0.274. The molecule has 2 aromatic rings. The first kappa shape index (κ1) is 21.3. The Morgan fingerprint density at radius 3 is 2.65 bits per heavy atom. The van der Waals surface area contributed by atoms with Crippen LogP contribution in [0.4, 0.5) is 5.82 Å². The molecule has 0 atom stereocenters. The maximum absolute atomic E-state index is 12.5. The summed E-state index contributed by atoms with van der Waals surface area (Å²) in [5.74, 6) is 1.56. The molecular formula is C24H30N4O3. The monoisotopic (exact) mass is 422 g/mol. The van der Waals surface area contributed by atoms with Crippen LogP contribution in [-0.2, 0) is 27.2 Å². The first-order valence-corrected chi connectivity index (χ1v) is 11.3. The van der Waals surface area contributed by atoms with Gasteiger partial charge >= 0.3 is 5.97 Å². The summed E-state index contributed by atoms with van der Waals surface area (Å²) in [6, 6.07) is 10.1. The fourth-order valence-electron chi connectivity index (χ4n) is 4.41. The number of fused-ring (bicyclic) bond motifs is 1. The second-order valence-corrected chi connectivity index (χ2v) is 8.12. The number of hydrogen-bond donors (Lipinski definition) is 1. The number of piperidine rings is 1. The number of anilines is 1. The molecule has 1 fully saturated rings. The lowest BCUT2D eigenvalue weighted by Crippen LogP contribution is -2.41. The van der Waals surface area contributed by atoms with Crippen molar-refractivity contribution >= 4 is 17.7 Å². The zero-order valence-electron chi connectivity index (χ0n) is 18.1. The van der Waals surface area contributed by atoms with Crippen LogP contribution in [0.25, 0.3) is 11.4 Å². The van der Waals surface area contributed by atoms with Crippen molar-refractivity contribution < 1.29 is 14.3 Å². The van der Waals surface area contributed by atoms with Gasteiger partial charge in [-0.05, 0) is 39.0 Å². The molecule has 2 heterocycles. The molecule has 0 saturated carbocycles. The van der Waals surface area contributed by atoms with E-state index in [0.717, 1.165) is 62.4 Å². The standard InChI is InChI=1S/C24H30N4O3/c1-2-31-21(29)11-14-25-24(30)18-12-15-28(16-13-18)23-19-9-6-10-20(19)26-22(27-23)17-7-4-3-5-8-17/h3-5,7-8,18H,2,6,9-16H2,1H3,(H,25,30). The van der Waals surface area contributed by atoms with Gasteiger partial charge in [-0.25, -0.2) is 9.97 Å². The van der Waals surface area contributed by atoms with E-state index >= 15 is 0 Å². The highest BCUT2D eigenvalue weighted by Crippen LogP contribution is 2.33. The Morgan fingerprint density at radius 2 is 1.90 bits per heavy atom. The van der Waals surface area contributed by atoms with Gasteiger partial charge in [-0.1, -0.05) is 30.3 Å². The molecule has 1 N–H and O–H groups in total. The van der Waals surface area contributed by atoms with Crippen LogP contribution in [0.1, 0.15) is 43.9 Å². The number of nitrogens with zero attached hydrogens (tertiary/aromatic N) is 3. The number of hydrogen-bond acceptors (Lipinski definition) is 6. The third-order valence-corrected chi connectivity index (χ3v) is 6.04. The normalized spacial score (nSPS) is 16.1. The van der Waals surface area contributed by atoms with Crippen molar-refractivity contribution in [1.29, 1.82) is 0 Å². The van der Waals surface area contributed by atoms with Crippen LogP contribution in [0, 0.1) is 5.92 Å². The van der Waals surface area contributed by atoms with E-state index in [-0.39, 0.29) is 24.2 Å². The van der Waals surface area contributed by atoms with E-state index in [1.807, 2.05) is 30.3 Å². The lowest BCUT2D eigenvalue weighted by atomic mass is 9.95. The van der Waals surface area contributed by atoms with Crippen molar-refractivity contribution in [3.05, 3.63) is 41.6 Å². The van der Waals surface area contributed by atoms with E-state index in [0.29, 0.717) is 13.2 Å². The third kappa shape index (κ3) is 5.03. The Morgan fingerprint density at radius 1 is 1.13 bits per heavy atom. The van der Waals surface area contributed by atoms with Crippen molar-refractivity contribution in [2.45, 2.75) is 45.4 Å². The molecule has 1 aromatic heterocycles. The summed E-state index contributed by atoms with van der Waals surface area (Å²) in [7, 11) is 0. The number of carbonyl (C=O) groups excluding carboxylic acids is 2. The fourth-order valence-corrected chi connectivity index (χ4v) is 4.41. The molecule has 1 saturated heterocycles. The molecule has 4 rings (SSSR count). The van der Waals surface area contributed by atoms with Gasteiger partial charge in [0.25, 0.3) is 0 Å². The minimum Gasteiger partial charge on any atom is -0.466 e. The smallest absolute Gasteiger partial charge is 0.307 e. The van der Waals surface area contributed by atoms with Crippen LogP contribution < -0.4 is 10.2 Å². The Hall–Kier alpha value is -2.96. The van der Waals surface area contributed by atoms with Gasteiger partial charge < -0.3 is 15.0 Å². The van der Waals surface area contributed by atoms with Crippen molar-refractivity contribution in [2.24, 2.45) is 5.92 Å². The molecule has 1 amide bonds. The second kappa shape index (κ2) is 9.90. The van der Waals surface area contributed by atoms with Crippen LogP contribution in [0.3, 0.4) is 0 Å². The van der Waals surface area contributed by atoms with Crippen molar-refractivity contribution in [3.8, 4) is 11.4 Å². The summed E-state index contributed by atoms with van der Waals surface area (Å²) in [6.45, 7) is 4.07. The number of benzene rings is 1. The molecule has 1 aromatic carbocycles. The van der Waals surface area contributed by atoms with Crippen LogP contribution >= 0.6 is 0 Å². The first-order valence-electron chi connectivity index (χ1n) is 11.3. The van der Waals surface area contributed by atoms with Crippen LogP contribution in [0.5, 0.6) is 0 Å². The number of aromatic nitrogens is 2. The largest absolute Gasteiger partial charge is 0.466 e. The van der Waals surface area contributed by atoms with Gasteiger partial charge in [0.05, 0.1) is 13.0 Å². The Balaban J connectivity index is 1.39. The summed E-state index contributed by atoms with van der Waals surface area (Å²) in [6.07, 6.45) is 4.93. The predicted molar refractivity (Wildman–Crippen MR) is 119 cm³/mol. The van der Waals surface area contributed by atoms with Gasteiger partial charge in [0.1, 0.15) is 5.82 Å². The Kier molecular flexibility index (Phi) is 6.79. The third-order valence-electron chi connectivity index (χ3n) is 6.04. The minimum absolute atomic E-state index is 0.0260. The summed E-state index contributed by atoms with van der Waals surface area (Å²) in [4.78, 5) is 36.1. The van der Waals surface area contributed by atoms with Gasteiger partial charge in [0, 0.05) is 42.4 Å².